The number of carbonyl (C=O) groups is 4. The molecule has 0 aromatic carbocycles. The van der Waals surface area contributed by atoms with Gasteiger partial charge >= 0.3 is 22.5 Å². The summed E-state index contributed by atoms with van der Waals surface area (Å²) in [5.74, 6) is 7.23. The van der Waals surface area contributed by atoms with Crippen LogP contribution in [0.2, 0.25) is 0 Å². The highest BCUT2D eigenvalue weighted by atomic mass is 32.2. The molecule has 30 nitrogen and oxygen atoms in total. The van der Waals surface area contributed by atoms with E-state index in [-0.39, 0.29) is 30.2 Å². The quantitative estimate of drug-likeness (QED) is 0.0139. The maximum Gasteiger partial charge on any atom is 0.339 e. The Bertz CT molecular complexity index is 4460. The van der Waals surface area contributed by atoms with Crippen LogP contribution in [0.5, 0.6) is 23.0 Å². The predicted molar refractivity (Wildman–Crippen MR) is 468 cm³/mol. The standard InChI is InChI=1S/2C21H31N3O5S.C21H29N3O4S.C20H25N3O4S/c2*1-6-8-10-28-24-14(3)19-23-21(4,13-30-19)20(26)22-16(9-7-2)17-11-15(27-5)12-18(25)29-17;1-5-6-16(17-9-15(10-18(25)28-17)27-11-14-7-8-14)23-20(26)21(3)12-29-19(24-21)13(2)22-4;1-6-8-15(16-10-14(26-9-7-2)11-17(24)27-16)22-19(25)20(4)12-28-18(23-20)13(3)21-5/h2*11-12,16H,6-10,13H2,1-5H3,(H,22,26);9-10,14,16H,5-8,11-12H2,1-4H3,(H,23,26);2,10-11,15H,6,8-9,12H2,1,3-5H3,(H,22,25)/b2*24-14+;;/t3*16-,21+;15-,20+/m1111/s1. The summed E-state index contributed by atoms with van der Waals surface area (Å²) in [4.78, 5) is 137. The molecule has 4 aromatic rings. The lowest BCUT2D eigenvalue weighted by atomic mass is 10.0. The van der Waals surface area contributed by atoms with Gasteiger partial charge in [0.2, 0.25) is 23.6 Å². The summed E-state index contributed by atoms with van der Waals surface area (Å²) < 4.78 is 42.8. The molecule has 1 aliphatic carbocycles. The SMILES string of the molecule is C#CCOc1cc([C@@H](CCC)NC(=O)[C@]2(C)CSC(C(C)=NC)=N2)oc(=O)c1.CCCCO/N=C(\C)C1=N[C@](C)(C(=O)N[C@H](CCC)c2cc(OC)cc(=O)o2)CS1.CCCCO/N=C(\C)C1=N[C@](C)(C(=O)N[C@H](CCC)c2cc(OC)cc(=O)o2)CS1.CCC[C@@H](NC(=O)[C@]1(C)CSC(C(C)=NC)=N1)c1cc(OCC2CC2)cc(=O)o1. The monoisotopic (exact) mass is 1700 g/mol. The Labute approximate surface area is 702 Å². The number of ether oxygens (including phenoxy) is 4. The minimum Gasteiger partial charge on any atom is -0.496 e. The number of unbranched alkanes of at least 4 members (excludes halogenated alkanes) is 2. The number of methoxy groups -OCH3 is 2. The third kappa shape index (κ3) is 29.7. The van der Waals surface area contributed by atoms with Crippen molar-refractivity contribution in [1.82, 2.24) is 21.3 Å². The van der Waals surface area contributed by atoms with Crippen LogP contribution in [0, 0.1) is 18.3 Å². The molecule has 1 fully saturated rings. The molecule has 0 radical (unpaired) electrons. The van der Waals surface area contributed by atoms with Gasteiger partial charge < -0.3 is 67.6 Å². The number of amides is 4. The second-order valence-corrected chi connectivity index (χ2v) is 33.1. The average Bonchev–Trinajstić information content (AvgIpc) is 1.71. The molecule has 8 heterocycles. The first-order valence-corrected chi connectivity index (χ1v) is 43.5. The molecule has 0 saturated heterocycles. The Morgan fingerprint density at radius 1 is 0.462 bits per heavy atom. The van der Waals surface area contributed by atoms with E-state index in [9.17, 15) is 38.4 Å². The third-order valence-corrected chi connectivity index (χ3v) is 24.2. The van der Waals surface area contributed by atoms with Crippen LogP contribution in [0.3, 0.4) is 0 Å². The smallest absolute Gasteiger partial charge is 0.339 e. The Morgan fingerprint density at radius 3 is 1.01 bits per heavy atom. The van der Waals surface area contributed by atoms with E-state index in [1.807, 2.05) is 62.3 Å². The van der Waals surface area contributed by atoms with Crippen LogP contribution in [-0.2, 0) is 28.9 Å². The van der Waals surface area contributed by atoms with Crippen LogP contribution in [0.4, 0.5) is 0 Å². The zero-order chi connectivity index (χ0) is 86.0. The number of nitrogens with one attached hydrogen (secondary N) is 4. The Kier molecular flexibility index (Phi) is 39.2. The number of aliphatic imine (C=N–C) groups is 6. The van der Waals surface area contributed by atoms with Gasteiger partial charge in [-0.3, -0.25) is 49.1 Å². The van der Waals surface area contributed by atoms with E-state index in [4.69, 9.17) is 52.7 Å². The lowest BCUT2D eigenvalue weighted by Crippen LogP contribution is -2.45. The van der Waals surface area contributed by atoms with Gasteiger partial charge in [0, 0.05) is 61.4 Å². The Morgan fingerprint density at radius 2 is 0.744 bits per heavy atom. The highest BCUT2D eigenvalue weighted by Crippen LogP contribution is 2.37. The lowest BCUT2D eigenvalue weighted by molar-refractivity contribution is -0.126. The molecule has 9 rings (SSSR count). The summed E-state index contributed by atoms with van der Waals surface area (Å²) >= 11 is 6.00. The molecule has 34 heteroatoms. The summed E-state index contributed by atoms with van der Waals surface area (Å²) in [5, 5.41) is 23.2. The van der Waals surface area contributed by atoms with Crippen LogP contribution in [-0.4, -0.2) is 167 Å². The van der Waals surface area contributed by atoms with E-state index in [0.717, 1.165) is 72.9 Å². The molecule has 1 saturated carbocycles. The largest absolute Gasteiger partial charge is 0.496 e. The first-order chi connectivity index (χ1) is 55.8. The Balaban J connectivity index is 0.000000242. The fourth-order valence-electron chi connectivity index (χ4n) is 11.3. The molecule has 0 spiro atoms. The molecule has 4 aromatic heterocycles. The third-order valence-electron chi connectivity index (χ3n) is 18.7. The number of oxime groups is 2. The molecule has 4 aliphatic heterocycles. The number of thioether (sulfide) groups is 4. The van der Waals surface area contributed by atoms with Crippen molar-refractivity contribution in [3.8, 4) is 35.3 Å². The van der Waals surface area contributed by atoms with Crippen molar-refractivity contribution in [2.24, 2.45) is 46.2 Å². The van der Waals surface area contributed by atoms with Gasteiger partial charge in [0.05, 0.1) is 80.7 Å². The van der Waals surface area contributed by atoms with Gasteiger partial charge in [-0.1, -0.05) is 96.3 Å². The molecular weight excluding hydrogens is 1580 g/mol. The van der Waals surface area contributed by atoms with Crippen molar-refractivity contribution in [2.75, 3.05) is 77.8 Å². The lowest BCUT2D eigenvalue weighted by Gasteiger charge is -2.24. The summed E-state index contributed by atoms with van der Waals surface area (Å²) in [5.41, 5.74) is -2.77. The van der Waals surface area contributed by atoms with Gasteiger partial charge in [0.1, 0.15) is 120 Å². The van der Waals surface area contributed by atoms with E-state index in [1.165, 1.54) is 98.4 Å². The summed E-state index contributed by atoms with van der Waals surface area (Å²) in [7, 11) is 6.37. The summed E-state index contributed by atoms with van der Waals surface area (Å²) in [6.07, 6.45) is 17.2. The fourth-order valence-corrected chi connectivity index (χ4v) is 15.9. The average molecular weight is 1700 g/mol. The molecule has 8 atom stereocenters. The number of nitrogens with zero attached hydrogens (tertiary/aromatic N) is 8. The van der Waals surface area contributed by atoms with Crippen LogP contribution in [0.1, 0.15) is 234 Å². The second-order valence-electron chi connectivity index (χ2n) is 29.2. The molecule has 117 heavy (non-hydrogen) atoms. The zero-order valence-corrected chi connectivity index (χ0v) is 74.0. The van der Waals surface area contributed by atoms with Crippen LogP contribution in [0.25, 0.3) is 0 Å². The number of hydrogen-bond acceptors (Lipinski definition) is 30. The molecule has 0 bridgehead atoms. The Hall–Kier alpha value is -9.20. The van der Waals surface area contributed by atoms with Gasteiger partial charge in [-0.25, -0.2) is 19.2 Å². The normalized spacial score (nSPS) is 20.7. The maximum atomic E-state index is 13.1. The highest BCUT2D eigenvalue weighted by Gasteiger charge is 2.44. The zero-order valence-electron chi connectivity index (χ0n) is 70.7. The van der Waals surface area contributed by atoms with Crippen molar-refractivity contribution < 1.29 is 65.5 Å². The molecule has 640 valence electrons. The van der Waals surface area contributed by atoms with E-state index in [0.29, 0.717) is 142 Å². The van der Waals surface area contributed by atoms with E-state index < -0.39 is 68.8 Å². The van der Waals surface area contributed by atoms with Crippen molar-refractivity contribution in [2.45, 2.75) is 233 Å². The summed E-state index contributed by atoms with van der Waals surface area (Å²) in [6, 6.07) is 9.92. The predicted octanol–water partition coefficient (Wildman–Crippen LogP) is 13.4. The number of terminal acetylenes is 1. The second kappa shape index (κ2) is 47.4. The number of carbonyl (C=O) groups excluding carboxylic acids is 4. The molecule has 4 N–H and O–H groups in total. The summed E-state index contributed by atoms with van der Waals surface area (Å²) in [6.45, 7) is 28.6. The van der Waals surface area contributed by atoms with Gasteiger partial charge in [-0.05, 0) is 113 Å². The van der Waals surface area contributed by atoms with Crippen molar-refractivity contribution in [3.63, 3.8) is 0 Å². The van der Waals surface area contributed by atoms with Crippen molar-refractivity contribution in [1.29, 1.82) is 0 Å². The van der Waals surface area contributed by atoms with Crippen LogP contribution in [0.15, 0.2) is 126 Å². The minimum absolute atomic E-state index is 0.0405. The van der Waals surface area contributed by atoms with E-state index in [2.05, 4.69) is 81.3 Å². The molecule has 5 aliphatic rings. The van der Waals surface area contributed by atoms with E-state index >= 15 is 0 Å². The van der Waals surface area contributed by atoms with Crippen molar-refractivity contribution in [3.05, 3.63) is 113 Å². The first-order valence-electron chi connectivity index (χ1n) is 39.6. The van der Waals surface area contributed by atoms with Crippen LogP contribution >= 0.6 is 47.0 Å². The van der Waals surface area contributed by atoms with Crippen molar-refractivity contribution >= 4 is 114 Å². The highest BCUT2D eigenvalue weighted by molar-refractivity contribution is 8.17. The number of hydrogen-bond donors (Lipinski definition) is 4. The number of rotatable bonds is 39. The van der Waals surface area contributed by atoms with Gasteiger partial charge in [-0.2, -0.15) is 0 Å². The maximum absolute atomic E-state index is 13.1. The molecular formula is C83H116N12O18S4. The fraction of sp³-hybridized carbons (Fsp3) is 0.590. The van der Waals surface area contributed by atoms with Gasteiger partial charge in [0.25, 0.3) is 0 Å². The van der Waals surface area contributed by atoms with Gasteiger partial charge in [-0.15, -0.1) is 53.5 Å². The first kappa shape index (κ1) is 96.6. The minimum atomic E-state index is -0.939. The van der Waals surface area contributed by atoms with Gasteiger partial charge in [0.15, 0.2) is 0 Å². The molecule has 4 amide bonds. The molecule has 0 unspecified atom stereocenters. The topological polar surface area (TPSA) is 391 Å². The van der Waals surface area contributed by atoms with Crippen LogP contribution < -0.4 is 62.7 Å². The van der Waals surface area contributed by atoms with E-state index in [1.54, 1.807) is 59.1 Å².